The Balaban J connectivity index is 1.71. The van der Waals surface area contributed by atoms with Crippen LogP contribution in [0, 0.1) is 11.7 Å². The van der Waals surface area contributed by atoms with Crippen molar-refractivity contribution >= 4 is 21.6 Å². The predicted octanol–water partition coefficient (Wildman–Crippen LogP) is 2.48. The Bertz CT molecular complexity index is 916. The monoisotopic (exact) mass is 391 g/mol. The number of halogens is 1. The van der Waals surface area contributed by atoms with Crippen molar-refractivity contribution in [2.45, 2.75) is 30.2 Å². The summed E-state index contributed by atoms with van der Waals surface area (Å²) in [6, 6.07) is 11.1. The number of nitrogens with one attached hydrogen (secondary N) is 2. The molecule has 0 aliphatic heterocycles. The van der Waals surface area contributed by atoms with E-state index >= 15 is 0 Å². The van der Waals surface area contributed by atoms with Crippen molar-refractivity contribution in [3.05, 3.63) is 59.9 Å². The van der Waals surface area contributed by atoms with Gasteiger partial charge in [-0.25, -0.2) is 12.8 Å². The standard InChI is InChI=1S/C19H22FN3O3S/c20-16-5-1-2-6-18(16)23-27(25,26)15-10-8-13(9-11-15)19(24)22-17-7-3-4-14(17)12-21/h1-2,5-6,8-11,14,17,23H,3-4,7,12,21H2,(H,22,24). The van der Waals surface area contributed by atoms with Gasteiger partial charge in [-0.1, -0.05) is 18.6 Å². The van der Waals surface area contributed by atoms with E-state index < -0.39 is 15.8 Å². The summed E-state index contributed by atoms with van der Waals surface area (Å²) < 4.78 is 40.7. The first-order valence-corrected chi connectivity index (χ1v) is 10.3. The van der Waals surface area contributed by atoms with Crippen molar-refractivity contribution in [3.63, 3.8) is 0 Å². The summed E-state index contributed by atoms with van der Waals surface area (Å²) in [5.41, 5.74) is 5.96. The summed E-state index contributed by atoms with van der Waals surface area (Å²) in [5.74, 6) is -0.645. The summed E-state index contributed by atoms with van der Waals surface area (Å²) in [6.45, 7) is 0.532. The van der Waals surface area contributed by atoms with Gasteiger partial charge in [0.1, 0.15) is 5.82 Å². The molecule has 0 heterocycles. The number of hydrogen-bond acceptors (Lipinski definition) is 4. The third-order valence-corrected chi connectivity index (χ3v) is 6.20. The second kappa shape index (κ2) is 8.06. The number of sulfonamides is 1. The molecule has 1 amide bonds. The molecule has 1 fully saturated rings. The summed E-state index contributed by atoms with van der Waals surface area (Å²) in [4.78, 5) is 12.3. The molecule has 2 unspecified atom stereocenters. The van der Waals surface area contributed by atoms with E-state index in [0.29, 0.717) is 12.1 Å². The van der Waals surface area contributed by atoms with Crippen LogP contribution in [-0.4, -0.2) is 26.9 Å². The van der Waals surface area contributed by atoms with Crippen LogP contribution in [0.1, 0.15) is 29.6 Å². The smallest absolute Gasteiger partial charge is 0.261 e. The van der Waals surface area contributed by atoms with Gasteiger partial charge in [-0.2, -0.15) is 0 Å². The van der Waals surface area contributed by atoms with Crippen LogP contribution in [0.15, 0.2) is 53.4 Å². The van der Waals surface area contributed by atoms with Crippen LogP contribution in [0.2, 0.25) is 0 Å². The Labute approximate surface area is 158 Å². The number of para-hydroxylation sites is 1. The maximum Gasteiger partial charge on any atom is 0.261 e. The third kappa shape index (κ3) is 4.45. The molecule has 0 bridgehead atoms. The normalized spacial score (nSPS) is 19.6. The lowest BCUT2D eigenvalue weighted by Crippen LogP contribution is -2.39. The first-order chi connectivity index (χ1) is 12.9. The summed E-state index contributed by atoms with van der Waals surface area (Å²) in [5, 5.41) is 2.97. The van der Waals surface area contributed by atoms with E-state index in [1.165, 1.54) is 48.5 Å². The Kier molecular flexibility index (Phi) is 5.76. The van der Waals surface area contributed by atoms with E-state index in [4.69, 9.17) is 5.73 Å². The number of carbonyl (C=O) groups excluding carboxylic acids is 1. The molecular formula is C19H22FN3O3S. The first kappa shape index (κ1) is 19.3. The number of nitrogens with two attached hydrogens (primary N) is 1. The number of amides is 1. The molecule has 1 saturated carbocycles. The van der Waals surface area contributed by atoms with Crippen molar-refractivity contribution in [1.82, 2.24) is 5.32 Å². The van der Waals surface area contributed by atoms with E-state index in [1.807, 2.05) is 0 Å². The highest BCUT2D eigenvalue weighted by molar-refractivity contribution is 7.92. The highest BCUT2D eigenvalue weighted by Crippen LogP contribution is 2.25. The predicted molar refractivity (Wildman–Crippen MR) is 101 cm³/mol. The second-order valence-electron chi connectivity index (χ2n) is 6.62. The minimum Gasteiger partial charge on any atom is -0.349 e. The van der Waals surface area contributed by atoms with Crippen LogP contribution < -0.4 is 15.8 Å². The largest absolute Gasteiger partial charge is 0.349 e. The molecule has 0 saturated heterocycles. The maximum absolute atomic E-state index is 13.7. The number of rotatable bonds is 6. The number of carbonyl (C=O) groups is 1. The van der Waals surface area contributed by atoms with Crippen LogP contribution in [0.3, 0.4) is 0 Å². The van der Waals surface area contributed by atoms with Crippen molar-refractivity contribution in [2.24, 2.45) is 11.7 Å². The Hall–Kier alpha value is -2.45. The molecule has 1 aliphatic rings. The zero-order valence-electron chi connectivity index (χ0n) is 14.7. The van der Waals surface area contributed by atoms with Gasteiger partial charge in [-0.05, 0) is 61.7 Å². The number of anilines is 1. The molecule has 0 radical (unpaired) electrons. The van der Waals surface area contributed by atoms with Crippen LogP contribution in [0.5, 0.6) is 0 Å². The van der Waals surface area contributed by atoms with Crippen LogP contribution in [0.25, 0.3) is 0 Å². The van der Waals surface area contributed by atoms with Crippen LogP contribution >= 0.6 is 0 Å². The van der Waals surface area contributed by atoms with Gasteiger partial charge >= 0.3 is 0 Å². The highest BCUT2D eigenvalue weighted by atomic mass is 32.2. The van der Waals surface area contributed by atoms with Crippen LogP contribution in [0.4, 0.5) is 10.1 Å². The van der Waals surface area contributed by atoms with Gasteiger partial charge in [0.25, 0.3) is 15.9 Å². The quantitative estimate of drug-likeness (QED) is 0.704. The minimum absolute atomic E-state index is 0.0497. The van der Waals surface area contributed by atoms with Gasteiger partial charge in [-0.15, -0.1) is 0 Å². The zero-order valence-corrected chi connectivity index (χ0v) is 15.5. The van der Waals surface area contributed by atoms with Crippen LogP contribution in [-0.2, 0) is 10.0 Å². The van der Waals surface area contributed by atoms with Gasteiger partial charge in [0.15, 0.2) is 0 Å². The molecule has 3 rings (SSSR count). The van der Waals surface area contributed by atoms with Crippen molar-refractivity contribution in [2.75, 3.05) is 11.3 Å². The average molecular weight is 391 g/mol. The van der Waals surface area contributed by atoms with E-state index in [-0.39, 0.29) is 28.4 Å². The molecule has 2 aromatic rings. The van der Waals surface area contributed by atoms with Crippen molar-refractivity contribution in [1.29, 1.82) is 0 Å². The summed E-state index contributed by atoms with van der Waals surface area (Å²) in [7, 11) is -3.95. The average Bonchev–Trinajstić information content (AvgIpc) is 3.10. The highest BCUT2D eigenvalue weighted by Gasteiger charge is 2.27. The molecule has 4 N–H and O–H groups in total. The number of benzene rings is 2. The van der Waals surface area contributed by atoms with E-state index in [2.05, 4.69) is 10.0 Å². The van der Waals surface area contributed by atoms with E-state index in [0.717, 1.165) is 19.3 Å². The molecule has 2 atom stereocenters. The Morgan fingerprint density at radius 3 is 2.48 bits per heavy atom. The van der Waals surface area contributed by atoms with Crippen molar-refractivity contribution in [3.8, 4) is 0 Å². The fourth-order valence-electron chi connectivity index (χ4n) is 3.29. The number of hydrogen-bond donors (Lipinski definition) is 3. The second-order valence-corrected chi connectivity index (χ2v) is 8.30. The minimum atomic E-state index is -3.95. The molecule has 2 aromatic carbocycles. The Morgan fingerprint density at radius 1 is 1.11 bits per heavy atom. The molecule has 6 nitrogen and oxygen atoms in total. The topological polar surface area (TPSA) is 101 Å². The molecule has 8 heteroatoms. The maximum atomic E-state index is 13.7. The Morgan fingerprint density at radius 2 is 1.81 bits per heavy atom. The molecular weight excluding hydrogens is 369 g/mol. The first-order valence-electron chi connectivity index (χ1n) is 8.79. The van der Waals surface area contributed by atoms with Gasteiger partial charge in [0.2, 0.25) is 0 Å². The molecule has 1 aliphatic carbocycles. The lowest BCUT2D eigenvalue weighted by Gasteiger charge is -2.19. The van der Waals surface area contributed by atoms with Gasteiger partial charge in [0, 0.05) is 11.6 Å². The third-order valence-electron chi connectivity index (χ3n) is 4.82. The molecule has 0 spiro atoms. The molecule has 0 aromatic heterocycles. The molecule has 144 valence electrons. The van der Waals surface area contributed by atoms with Crippen molar-refractivity contribution < 1.29 is 17.6 Å². The lowest BCUT2D eigenvalue weighted by atomic mass is 10.0. The van der Waals surface area contributed by atoms with E-state index in [9.17, 15) is 17.6 Å². The summed E-state index contributed by atoms with van der Waals surface area (Å²) >= 11 is 0. The van der Waals surface area contributed by atoms with Gasteiger partial charge in [-0.3, -0.25) is 9.52 Å². The lowest BCUT2D eigenvalue weighted by molar-refractivity contribution is 0.0928. The fraction of sp³-hybridized carbons (Fsp3) is 0.316. The van der Waals surface area contributed by atoms with Gasteiger partial charge in [0.05, 0.1) is 10.6 Å². The SMILES string of the molecule is NCC1CCCC1NC(=O)c1ccc(S(=O)(=O)Nc2ccccc2F)cc1. The van der Waals surface area contributed by atoms with E-state index in [1.54, 1.807) is 0 Å². The van der Waals surface area contributed by atoms with Gasteiger partial charge < -0.3 is 11.1 Å². The zero-order chi connectivity index (χ0) is 19.4. The molecule has 27 heavy (non-hydrogen) atoms. The fourth-order valence-corrected chi connectivity index (χ4v) is 4.36. The summed E-state index contributed by atoms with van der Waals surface area (Å²) in [6.07, 6.45) is 2.93.